The number of carbonyl (C=O) groups is 1. The minimum Gasteiger partial charge on any atom is -0.388 e. The van der Waals surface area contributed by atoms with Gasteiger partial charge in [0, 0.05) is 13.5 Å². The van der Waals surface area contributed by atoms with Crippen LogP contribution < -0.4 is 5.32 Å². The van der Waals surface area contributed by atoms with E-state index in [-0.39, 0.29) is 12.1 Å². The first-order valence-electron chi connectivity index (χ1n) is 5.60. The number of benzene rings is 1. The second-order valence-corrected chi connectivity index (χ2v) is 4.59. The fraction of sp³-hybridized carbons (Fsp3) is 0.417. The summed E-state index contributed by atoms with van der Waals surface area (Å²) in [6.07, 6.45) is -7.66. The number of hydrogen-bond donors (Lipinski definition) is 3. The number of halogens is 4. The molecule has 0 aliphatic rings. The number of carbonyl (C=O) groups excluding carboxylic acids is 1. The Balaban J connectivity index is 2.94. The van der Waals surface area contributed by atoms with Crippen molar-refractivity contribution >= 4 is 17.5 Å². The van der Waals surface area contributed by atoms with Gasteiger partial charge in [0.1, 0.15) is 12.2 Å². The molecule has 0 saturated carbocycles. The molecule has 1 amide bonds. The van der Waals surface area contributed by atoms with Crippen LogP contribution in [-0.2, 0) is 11.0 Å². The van der Waals surface area contributed by atoms with Crippen LogP contribution in [0.1, 0.15) is 24.2 Å². The van der Waals surface area contributed by atoms with Gasteiger partial charge in [-0.05, 0) is 17.7 Å². The van der Waals surface area contributed by atoms with E-state index in [1.165, 1.54) is 13.0 Å². The molecule has 1 rings (SSSR count). The third-order valence-corrected chi connectivity index (χ3v) is 2.89. The predicted molar refractivity (Wildman–Crippen MR) is 66.1 cm³/mol. The molecule has 4 nitrogen and oxygen atoms in total. The van der Waals surface area contributed by atoms with Crippen molar-refractivity contribution < 1.29 is 28.2 Å². The molecule has 0 fully saturated rings. The Morgan fingerprint density at radius 1 is 1.40 bits per heavy atom. The van der Waals surface area contributed by atoms with E-state index >= 15 is 0 Å². The summed E-state index contributed by atoms with van der Waals surface area (Å²) in [6.45, 7) is 0.934. The third-order valence-electron chi connectivity index (χ3n) is 2.56. The molecule has 0 radical (unpaired) electrons. The molecule has 2 unspecified atom stereocenters. The molecule has 0 bridgehead atoms. The van der Waals surface area contributed by atoms with Crippen LogP contribution in [-0.4, -0.2) is 28.8 Å². The summed E-state index contributed by atoms with van der Waals surface area (Å²) in [5.41, 5.74) is -1.23. The number of hydrogen-bond acceptors (Lipinski definition) is 3. The first kappa shape index (κ1) is 16.7. The summed E-state index contributed by atoms with van der Waals surface area (Å²) in [5.74, 6) is -0.427. The van der Waals surface area contributed by atoms with Crippen molar-refractivity contribution in [3.8, 4) is 0 Å². The Labute approximate surface area is 118 Å². The second-order valence-electron chi connectivity index (χ2n) is 4.19. The Morgan fingerprint density at radius 3 is 2.50 bits per heavy atom. The van der Waals surface area contributed by atoms with E-state index in [1.807, 2.05) is 0 Å². The Morgan fingerprint density at radius 2 is 2.00 bits per heavy atom. The molecule has 20 heavy (non-hydrogen) atoms. The van der Waals surface area contributed by atoms with Crippen molar-refractivity contribution in [1.82, 2.24) is 5.32 Å². The van der Waals surface area contributed by atoms with Crippen LogP contribution >= 0.6 is 11.6 Å². The second kappa shape index (κ2) is 6.43. The van der Waals surface area contributed by atoms with Crippen molar-refractivity contribution in [2.24, 2.45) is 0 Å². The molecule has 3 N–H and O–H groups in total. The van der Waals surface area contributed by atoms with Crippen molar-refractivity contribution in [3.05, 3.63) is 34.3 Å². The Hall–Kier alpha value is -1.31. The molecule has 1 aromatic carbocycles. The fourth-order valence-corrected chi connectivity index (χ4v) is 1.75. The highest BCUT2D eigenvalue weighted by atomic mass is 35.5. The number of aliphatic hydroxyl groups is 2. The van der Waals surface area contributed by atoms with Crippen molar-refractivity contribution in [2.45, 2.75) is 25.3 Å². The van der Waals surface area contributed by atoms with Crippen molar-refractivity contribution in [2.75, 3.05) is 6.54 Å². The largest absolute Gasteiger partial charge is 0.417 e. The lowest BCUT2D eigenvalue weighted by molar-refractivity contribution is -0.137. The zero-order valence-corrected chi connectivity index (χ0v) is 11.2. The number of rotatable bonds is 4. The highest BCUT2D eigenvalue weighted by Crippen LogP contribution is 2.36. The summed E-state index contributed by atoms with van der Waals surface area (Å²) in [4.78, 5) is 10.7. The summed E-state index contributed by atoms with van der Waals surface area (Å²) < 4.78 is 38.0. The van der Waals surface area contributed by atoms with Crippen LogP contribution in [0.3, 0.4) is 0 Å². The number of nitrogens with one attached hydrogen (secondary N) is 1. The van der Waals surface area contributed by atoms with E-state index in [0.29, 0.717) is 6.07 Å². The smallest absolute Gasteiger partial charge is 0.388 e. The molecule has 0 heterocycles. The summed E-state index contributed by atoms with van der Waals surface area (Å²) in [6, 6.07) is 2.84. The third kappa shape index (κ3) is 4.36. The maximum absolute atomic E-state index is 12.7. The van der Waals surface area contributed by atoms with Gasteiger partial charge < -0.3 is 15.5 Å². The van der Waals surface area contributed by atoms with Crippen LogP contribution in [0.5, 0.6) is 0 Å². The molecule has 0 spiro atoms. The van der Waals surface area contributed by atoms with Gasteiger partial charge in [-0.1, -0.05) is 17.7 Å². The average Bonchev–Trinajstić information content (AvgIpc) is 2.34. The van der Waals surface area contributed by atoms with Gasteiger partial charge in [0.2, 0.25) is 5.91 Å². The van der Waals surface area contributed by atoms with Crippen molar-refractivity contribution in [1.29, 1.82) is 0 Å². The minimum absolute atomic E-state index is 0.139. The first-order valence-corrected chi connectivity index (χ1v) is 5.98. The van der Waals surface area contributed by atoms with E-state index in [0.717, 1.165) is 6.07 Å². The molecule has 8 heteroatoms. The monoisotopic (exact) mass is 311 g/mol. The van der Waals surface area contributed by atoms with Crippen LogP contribution in [0.2, 0.25) is 5.02 Å². The minimum atomic E-state index is -4.66. The van der Waals surface area contributed by atoms with E-state index in [1.54, 1.807) is 0 Å². The Kier molecular flexibility index (Phi) is 5.38. The van der Waals surface area contributed by atoms with E-state index in [4.69, 9.17) is 11.6 Å². The SMILES string of the molecule is CC(=O)NCC(O)C(O)c1ccc(Cl)c(C(F)(F)F)c1. The van der Waals surface area contributed by atoms with Gasteiger partial charge in [-0.25, -0.2) is 0 Å². The molecule has 0 aliphatic carbocycles. The molecule has 0 saturated heterocycles. The molecule has 0 aromatic heterocycles. The normalized spacial score (nSPS) is 14.8. The van der Waals surface area contributed by atoms with Gasteiger partial charge in [-0.2, -0.15) is 13.2 Å². The van der Waals surface area contributed by atoms with Gasteiger partial charge >= 0.3 is 6.18 Å². The van der Waals surface area contributed by atoms with E-state index < -0.39 is 34.9 Å². The molecular weight excluding hydrogens is 299 g/mol. The quantitative estimate of drug-likeness (QED) is 0.795. The molecule has 1 aromatic rings. The number of aliphatic hydroxyl groups excluding tert-OH is 2. The standard InChI is InChI=1S/C12H13ClF3NO3/c1-6(18)17-5-10(19)11(20)7-2-3-9(13)8(4-7)12(14,15)16/h2-4,10-11,19-20H,5H2,1H3,(H,17,18). The maximum atomic E-state index is 12.7. The highest BCUT2D eigenvalue weighted by molar-refractivity contribution is 6.31. The molecule has 2 atom stereocenters. The van der Waals surface area contributed by atoms with Crippen LogP contribution in [0.15, 0.2) is 18.2 Å². The van der Waals surface area contributed by atoms with Crippen molar-refractivity contribution in [3.63, 3.8) is 0 Å². The number of amides is 1. The van der Waals surface area contributed by atoms with Crippen LogP contribution in [0.25, 0.3) is 0 Å². The van der Waals surface area contributed by atoms with E-state index in [9.17, 15) is 28.2 Å². The lowest BCUT2D eigenvalue weighted by Gasteiger charge is -2.20. The van der Waals surface area contributed by atoms with Gasteiger partial charge in [0.25, 0.3) is 0 Å². The van der Waals surface area contributed by atoms with E-state index in [2.05, 4.69) is 5.32 Å². The predicted octanol–water partition coefficient (Wildman–Crippen LogP) is 1.89. The Bertz CT molecular complexity index is 493. The zero-order chi connectivity index (χ0) is 15.5. The summed E-state index contributed by atoms with van der Waals surface area (Å²) in [5, 5.41) is 21.1. The van der Waals surface area contributed by atoms with Gasteiger partial charge in [-0.3, -0.25) is 4.79 Å². The van der Waals surface area contributed by atoms with Crippen LogP contribution in [0.4, 0.5) is 13.2 Å². The summed E-state index contributed by atoms with van der Waals surface area (Å²) in [7, 11) is 0. The topological polar surface area (TPSA) is 69.6 Å². The fourth-order valence-electron chi connectivity index (χ4n) is 1.53. The maximum Gasteiger partial charge on any atom is 0.417 e. The van der Waals surface area contributed by atoms with Gasteiger partial charge in [0.15, 0.2) is 0 Å². The molecule has 0 aliphatic heterocycles. The summed E-state index contributed by atoms with van der Waals surface area (Å²) >= 11 is 5.45. The van der Waals surface area contributed by atoms with Gasteiger partial charge in [0.05, 0.1) is 10.6 Å². The lowest BCUT2D eigenvalue weighted by atomic mass is 10.0. The molecule has 112 valence electrons. The average molecular weight is 312 g/mol. The van der Waals surface area contributed by atoms with Crippen LogP contribution in [0, 0.1) is 0 Å². The number of alkyl halides is 3. The van der Waals surface area contributed by atoms with Gasteiger partial charge in [-0.15, -0.1) is 0 Å². The zero-order valence-electron chi connectivity index (χ0n) is 10.4. The first-order chi connectivity index (χ1) is 9.12. The lowest BCUT2D eigenvalue weighted by Crippen LogP contribution is -2.34. The highest BCUT2D eigenvalue weighted by Gasteiger charge is 2.34. The molecular formula is C12H13ClF3NO3.